The van der Waals surface area contributed by atoms with Crippen LogP contribution in [0.5, 0.6) is 0 Å². The molecule has 0 aliphatic heterocycles. The van der Waals surface area contributed by atoms with E-state index in [0.717, 1.165) is 11.8 Å². The lowest BCUT2D eigenvalue weighted by Crippen LogP contribution is -2.08. The van der Waals surface area contributed by atoms with Crippen molar-refractivity contribution in [3.05, 3.63) is 0 Å². The molecule has 13 heavy (non-hydrogen) atoms. The lowest BCUT2D eigenvalue weighted by atomic mass is 9.85. The molecule has 0 saturated heterocycles. The molecule has 0 aromatic carbocycles. The van der Waals surface area contributed by atoms with E-state index in [0.29, 0.717) is 0 Å². The zero-order valence-corrected chi connectivity index (χ0v) is 8.93. The van der Waals surface area contributed by atoms with Gasteiger partial charge in [-0.25, -0.2) is 0 Å². The molecule has 2 aliphatic carbocycles. The van der Waals surface area contributed by atoms with Crippen LogP contribution in [0.1, 0.15) is 70.6 Å². The van der Waals surface area contributed by atoms with Crippen molar-refractivity contribution in [2.24, 2.45) is 11.8 Å². The minimum atomic E-state index is 1.14. The Morgan fingerprint density at radius 1 is 0.385 bits per heavy atom. The van der Waals surface area contributed by atoms with E-state index < -0.39 is 0 Å². The number of rotatable bonds is 0. The minimum absolute atomic E-state index is 1.14. The molecule has 0 spiro atoms. The van der Waals surface area contributed by atoms with Crippen molar-refractivity contribution < 1.29 is 0 Å². The van der Waals surface area contributed by atoms with E-state index in [4.69, 9.17) is 0 Å². The number of fused-ring (bicyclic) bond motifs is 1. The molecule has 0 nitrogen and oxygen atoms in total. The molecule has 2 fully saturated rings. The zero-order chi connectivity index (χ0) is 8.93. The summed E-state index contributed by atoms with van der Waals surface area (Å²) in [6, 6.07) is 0. The van der Waals surface area contributed by atoms with Crippen molar-refractivity contribution in [2.75, 3.05) is 0 Å². The van der Waals surface area contributed by atoms with Gasteiger partial charge in [0.2, 0.25) is 0 Å². The minimum Gasteiger partial charge on any atom is -0.0533 e. The third kappa shape index (κ3) is 2.72. The summed E-state index contributed by atoms with van der Waals surface area (Å²) in [5.41, 5.74) is 0. The Labute approximate surface area is 83.1 Å². The van der Waals surface area contributed by atoms with Crippen molar-refractivity contribution in [3.63, 3.8) is 0 Å². The molecule has 0 aromatic rings. The van der Waals surface area contributed by atoms with Crippen LogP contribution in [0.15, 0.2) is 0 Å². The standard InChI is InChI=1S/C13H24/c1-2-4-6-9-13-11-7-10-12(13)8-5-3-1/h12-13H,1-11H2/t12-,13-/m1/s1. The second kappa shape index (κ2) is 5.02. The average molecular weight is 180 g/mol. The summed E-state index contributed by atoms with van der Waals surface area (Å²) >= 11 is 0. The molecule has 0 amide bonds. The Kier molecular flexibility index (Phi) is 3.69. The van der Waals surface area contributed by atoms with Crippen molar-refractivity contribution >= 4 is 0 Å². The second-order valence-corrected chi connectivity index (χ2v) is 5.15. The van der Waals surface area contributed by atoms with E-state index in [9.17, 15) is 0 Å². The van der Waals surface area contributed by atoms with Gasteiger partial charge in [-0.3, -0.25) is 0 Å². The molecule has 0 N–H and O–H groups in total. The first-order valence-electron chi connectivity index (χ1n) is 6.47. The molecule has 0 aromatic heterocycles. The highest BCUT2D eigenvalue weighted by molar-refractivity contribution is 4.78. The summed E-state index contributed by atoms with van der Waals surface area (Å²) < 4.78 is 0. The largest absolute Gasteiger partial charge is 0.0533 e. The molecule has 2 atom stereocenters. The first-order chi connectivity index (χ1) is 6.47. The molecule has 0 heteroatoms. The summed E-state index contributed by atoms with van der Waals surface area (Å²) in [5, 5.41) is 0. The Hall–Kier alpha value is 0. The molecule has 2 aliphatic rings. The van der Waals surface area contributed by atoms with Gasteiger partial charge in [0, 0.05) is 0 Å². The van der Waals surface area contributed by atoms with Crippen molar-refractivity contribution in [1.29, 1.82) is 0 Å². The van der Waals surface area contributed by atoms with Crippen LogP contribution in [-0.4, -0.2) is 0 Å². The van der Waals surface area contributed by atoms with Crippen LogP contribution in [0.25, 0.3) is 0 Å². The topological polar surface area (TPSA) is 0 Å². The van der Waals surface area contributed by atoms with Gasteiger partial charge in [-0.1, -0.05) is 70.6 Å². The predicted octanol–water partition coefficient (Wildman–Crippen LogP) is 4.54. The Morgan fingerprint density at radius 2 is 0.769 bits per heavy atom. The van der Waals surface area contributed by atoms with Crippen molar-refractivity contribution in [3.8, 4) is 0 Å². The first-order valence-corrected chi connectivity index (χ1v) is 6.47. The highest BCUT2D eigenvalue weighted by atomic mass is 14.3. The third-order valence-electron chi connectivity index (χ3n) is 4.22. The molecular formula is C13H24. The van der Waals surface area contributed by atoms with Crippen LogP contribution in [0, 0.1) is 11.8 Å². The Bertz CT molecular complexity index is 123. The summed E-state index contributed by atoms with van der Waals surface area (Å²) in [5.74, 6) is 2.27. The fraction of sp³-hybridized carbons (Fsp3) is 1.00. The van der Waals surface area contributed by atoms with Gasteiger partial charge in [0.1, 0.15) is 0 Å². The highest BCUT2D eigenvalue weighted by Crippen LogP contribution is 2.39. The summed E-state index contributed by atoms with van der Waals surface area (Å²) in [7, 11) is 0. The molecule has 76 valence electrons. The van der Waals surface area contributed by atoms with Gasteiger partial charge in [0.15, 0.2) is 0 Å². The second-order valence-electron chi connectivity index (χ2n) is 5.15. The zero-order valence-electron chi connectivity index (χ0n) is 8.93. The Morgan fingerprint density at radius 3 is 1.31 bits per heavy atom. The lowest BCUT2D eigenvalue weighted by molar-refractivity contribution is 0.313. The lowest BCUT2D eigenvalue weighted by Gasteiger charge is -2.20. The normalized spacial score (nSPS) is 36.9. The van der Waals surface area contributed by atoms with E-state index in [2.05, 4.69) is 0 Å². The fourth-order valence-corrected chi connectivity index (χ4v) is 3.39. The maximum absolute atomic E-state index is 1.56. The van der Waals surface area contributed by atoms with Crippen LogP contribution < -0.4 is 0 Å². The van der Waals surface area contributed by atoms with Crippen molar-refractivity contribution in [1.82, 2.24) is 0 Å². The SMILES string of the molecule is C1CCCC[C@@H]2CCC[C@H]2CCC1. The average Bonchev–Trinajstić information content (AvgIpc) is 2.59. The molecule has 0 unspecified atom stereocenters. The van der Waals surface area contributed by atoms with E-state index in [1.165, 1.54) is 44.9 Å². The van der Waals surface area contributed by atoms with Crippen LogP contribution in [-0.2, 0) is 0 Å². The van der Waals surface area contributed by atoms with Crippen LogP contribution in [0.3, 0.4) is 0 Å². The highest BCUT2D eigenvalue weighted by Gasteiger charge is 2.26. The monoisotopic (exact) mass is 180 g/mol. The quantitative estimate of drug-likeness (QED) is 0.513. The van der Waals surface area contributed by atoms with Crippen LogP contribution >= 0.6 is 0 Å². The molecular weight excluding hydrogens is 156 g/mol. The molecule has 2 saturated carbocycles. The third-order valence-corrected chi connectivity index (χ3v) is 4.22. The molecule has 0 heterocycles. The van der Waals surface area contributed by atoms with Crippen molar-refractivity contribution in [2.45, 2.75) is 70.6 Å². The van der Waals surface area contributed by atoms with Gasteiger partial charge in [-0.15, -0.1) is 0 Å². The summed E-state index contributed by atoms with van der Waals surface area (Å²) in [4.78, 5) is 0. The predicted molar refractivity (Wildman–Crippen MR) is 57.8 cm³/mol. The smallest absolute Gasteiger partial charge is 0.0386 e. The van der Waals surface area contributed by atoms with Gasteiger partial charge in [0.25, 0.3) is 0 Å². The van der Waals surface area contributed by atoms with Gasteiger partial charge in [-0.05, 0) is 11.8 Å². The maximum atomic E-state index is 1.56. The summed E-state index contributed by atoms with van der Waals surface area (Å²) in [6.45, 7) is 0. The summed E-state index contributed by atoms with van der Waals surface area (Å²) in [6.07, 6.45) is 16.9. The fourth-order valence-electron chi connectivity index (χ4n) is 3.39. The first kappa shape index (κ1) is 9.55. The van der Waals surface area contributed by atoms with Gasteiger partial charge in [-0.2, -0.15) is 0 Å². The maximum Gasteiger partial charge on any atom is -0.0386 e. The van der Waals surface area contributed by atoms with E-state index in [-0.39, 0.29) is 0 Å². The Balaban J connectivity index is 1.82. The molecule has 0 bridgehead atoms. The van der Waals surface area contributed by atoms with E-state index in [1.54, 1.807) is 25.7 Å². The van der Waals surface area contributed by atoms with E-state index >= 15 is 0 Å². The molecule has 0 radical (unpaired) electrons. The number of hydrogen-bond acceptors (Lipinski definition) is 0. The van der Waals surface area contributed by atoms with Gasteiger partial charge in [0.05, 0.1) is 0 Å². The van der Waals surface area contributed by atoms with Gasteiger partial charge < -0.3 is 0 Å². The van der Waals surface area contributed by atoms with Crippen LogP contribution in [0.2, 0.25) is 0 Å². The van der Waals surface area contributed by atoms with Gasteiger partial charge >= 0.3 is 0 Å². The van der Waals surface area contributed by atoms with Crippen LogP contribution in [0.4, 0.5) is 0 Å². The number of hydrogen-bond donors (Lipinski definition) is 0. The molecule has 2 rings (SSSR count). The van der Waals surface area contributed by atoms with E-state index in [1.807, 2.05) is 0 Å².